The standard InChI is InChI=1S/C26H25Cl2NO3/c1-3-4-5-17-6-9-19(10-7-17)20-11-13-24(21(16-20)26(31)32-2)29-25(30)15-18-8-12-22(27)23(28)14-18/h6-14,16H,3-5,15H2,1-2H3,(H,29,30). The van der Waals surface area contributed by atoms with Crippen LogP contribution in [0.15, 0.2) is 60.7 Å². The molecule has 0 unspecified atom stereocenters. The number of benzene rings is 3. The van der Waals surface area contributed by atoms with Crippen LogP contribution in [0.3, 0.4) is 0 Å². The van der Waals surface area contributed by atoms with Crippen molar-refractivity contribution in [2.75, 3.05) is 12.4 Å². The maximum absolute atomic E-state index is 12.6. The first kappa shape index (κ1) is 23.8. The number of hydrogen-bond acceptors (Lipinski definition) is 3. The van der Waals surface area contributed by atoms with Gasteiger partial charge < -0.3 is 10.1 Å². The summed E-state index contributed by atoms with van der Waals surface area (Å²) in [6, 6.07) is 18.7. The summed E-state index contributed by atoms with van der Waals surface area (Å²) in [6.07, 6.45) is 3.46. The molecule has 0 aliphatic carbocycles. The van der Waals surface area contributed by atoms with E-state index in [1.807, 2.05) is 18.2 Å². The smallest absolute Gasteiger partial charge is 0.339 e. The number of amides is 1. The Bertz CT molecular complexity index is 1110. The molecule has 3 aromatic rings. The van der Waals surface area contributed by atoms with E-state index in [0.717, 1.165) is 36.0 Å². The molecule has 0 bridgehead atoms. The molecule has 6 heteroatoms. The summed E-state index contributed by atoms with van der Waals surface area (Å²) in [4.78, 5) is 25.0. The molecule has 0 saturated heterocycles. The Hall–Kier alpha value is -2.82. The number of carbonyl (C=O) groups excluding carboxylic acids is 2. The van der Waals surface area contributed by atoms with Crippen LogP contribution in [0.1, 0.15) is 41.3 Å². The Morgan fingerprint density at radius 2 is 1.56 bits per heavy atom. The molecule has 4 nitrogen and oxygen atoms in total. The summed E-state index contributed by atoms with van der Waals surface area (Å²) in [5.41, 5.74) is 4.55. The molecule has 0 atom stereocenters. The van der Waals surface area contributed by atoms with Crippen molar-refractivity contribution < 1.29 is 14.3 Å². The Labute approximate surface area is 198 Å². The second-order valence-corrected chi connectivity index (χ2v) is 8.34. The molecule has 32 heavy (non-hydrogen) atoms. The summed E-state index contributed by atoms with van der Waals surface area (Å²) in [5, 5.41) is 3.62. The number of ether oxygens (including phenoxy) is 1. The van der Waals surface area contributed by atoms with E-state index >= 15 is 0 Å². The molecule has 3 rings (SSSR count). The minimum Gasteiger partial charge on any atom is -0.465 e. The number of hydrogen-bond donors (Lipinski definition) is 1. The number of rotatable bonds is 8. The van der Waals surface area contributed by atoms with E-state index in [-0.39, 0.29) is 12.3 Å². The monoisotopic (exact) mass is 469 g/mol. The molecule has 0 aliphatic heterocycles. The van der Waals surface area contributed by atoms with Crippen molar-refractivity contribution >= 4 is 40.8 Å². The van der Waals surface area contributed by atoms with Gasteiger partial charge in [-0.3, -0.25) is 4.79 Å². The SMILES string of the molecule is CCCCc1ccc(-c2ccc(NC(=O)Cc3ccc(Cl)c(Cl)c3)c(C(=O)OC)c2)cc1. The van der Waals surface area contributed by atoms with Crippen molar-refractivity contribution in [1.82, 2.24) is 0 Å². The molecule has 0 aliphatic rings. The molecule has 0 radical (unpaired) electrons. The lowest BCUT2D eigenvalue weighted by molar-refractivity contribution is -0.115. The number of anilines is 1. The van der Waals surface area contributed by atoms with Gasteiger partial charge in [0.15, 0.2) is 0 Å². The number of aryl methyl sites for hydroxylation is 1. The van der Waals surface area contributed by atoms with Gasteiger partial charge in [0.05, 0.1) is 34.8 Å². The molecule has 1 N–H and O–H groups in total. The molecular formula is C26H25Cl2NO3. The number of methoxy groups -OCH3 is 1. The quantitative estimate of drug-likeness (QED) is 0.362. The number of unbranched alkanes of at least 4 members (excludes halogenated alkanes) is 1. The van der Waals surface area contributed by atoms with Crippen LogP contribution in [0.2, 0.25) is 10.0 Å². The third-order valence-electron chi connectivity index (χ3n) is 5.15. The summed E-state index contributed by atoms with van der Waals surface area (Å²) in [5.74, 6) is -0.794. The molecule has 0 fully saturated rings. The van der Waals surface area contributed by atoms with E-state index < -0.39 is 5.97 Å². The van der Waals surface area contributed by atoms with Crippen molar-refractivity contribution in [3.05, 3.63) is 87.4 Å². The summed E-state index contributed by atoms with van der Waals surface area (Å²) in [7, 11) is 1.32. The molecule has 3 aromatic carbocycles. The highest BCUT2D eigenvalue weighted by atomic mass is 35.5. The number of nitrogens with one attached hydrogen (secondary N) is 1. The summed E-state index contributed by atoms with van der Waals surface area (Å²) >= 11 is 12.0. The van der Waals surface area contributed by atoms with Crippen LogP contribution in [0.25, 0.3) is 11.1 Å². The zero-order chi connectivity index (χ0) is 23.1. The lowest BCUT2D eigenvalue weighted by Gasteiger charge is -2.13. The normalized spacial score (nSPS) is 10.6. The number of carbonyl (C=O) groups is 2. The average Bonchev–Trinajstić information content (AvgIpc) is 2.80. The van der Waals surface area contributed by atoms with Gasteiger partial charge in [-0.25, -0.2) is 4.79 Å². The largest absolute Gasteiger partial charge is 0.465 e. The third kappa shape index (κ3) is 6.12. The first-order valence-corrected chi connectivity index (χ1v) is 11.2. The van der Waals surface area contributed by atoms with E-state index in [9.17, 15) is 9.59 Å². The fraction of sp³-hybridized carbons (Fsp3) is 0.231. The zero-order valence-corrected chi connectivity index (χ0v) is 19.6. The lowest BCUT2D eigenvalue weighted by Crippen LogP contribution is -2.17. The van der Waals surface area contributed by atoms with Crippen LogP contribution >= 0.6 is 23.2 Å². The first-order valence-electron chi connectivity index (χ1n) is 10.5. The maximum Gasteiger partial charge on any atom is 0.339 e. The molecular weight excluding hydrogens is 445 g/mol. The lowest BCUT2D eigenvalue weighted by atomic mass is 9.99. The van der Waals surface area contributed by atoms with Gasteiger partial charge >= 0.3 is 5.97 Å². The summed E-state index contributed by atoms with van der Waals surface area (Å²) < 4.78 is 4.94. The predicted molar refractivity (Wildman–Crippen MR) is 131 cm³/mol. The fourth-order valence-corrected chi connectivity index (χ4v) is 3.71. The van der Waals surface area contributed by atoms with E-state index in [2.05, 4.69) is 24.4 Å². The van der Waals surface area contributed by atoms with Crippen molar-refractivity contribution in [3.8, 4) is 11.1 Å². The maximum atomic E-state index is 12.6. The second kappa shape index (κ2) is 11.2. The average molecular weight is 470 g/mol. The van der Waals surface area contributed by atoms with Crippen LogP contribution in [0.5, 0.6) is 0 Å². The van der Waals surface area contributed by atoms with Crippen molar-refractivity contribution in [2.45, 2.75) is 32.6 Å². The Morgan fingerprint density at radius 1 is 0.875 bits per heavy atom. The van der Waals surface area contributed by atoms with Gasteiger partial charge in [0.1, 0.15) is 0 Å². The van der Waals surface area contributed by atoms with E-state index in [4.69, 9.17) is 27.9 Å². The Kier molecular flexibility index (Phi) is 8.32. The minimum absolute atomic E-state index is 0.0957. The van der Waals surface area contributed by atoms with Gasteiger partial charge in [-0.2, -0.15) is 0 Å². The second-order valence-electron chi connectivity index (χ2n) is 7.53. The van der Waals surface area contributed by atoms with Crippen molar-refractivity contribution in [1.29, 1.82) is 0 Å². The van der Waals surface area contributed by atoms with Crippen molar-refractivity contribution in [3.63, 3.8) is 0 Å². The van der Waals surface area contributed by atoms with Crippen LogP contribution < -0.4 is 5.32 Å². The van der Waals surface area contributed by atoms with E-state index in [1.54, 1.807) is 30.3 Å². The number of esters is 1. The molecule has 166 valence electrons. The molecule has 0 heterocycles. The number of halogens is 2. The third-order valence-corrected chi connectivity index (χ3v) is 5.89. The molecule has 0 spiro atoms. The van der Waals surface area contributed by atoms with Crippen LogP contribution in [0.4, 0.5) is 5.69 Å². The van der Waals surface area contributed by atoms with Crippen LogP contribution in [0, 0.1) is 0 Å². The minimum atomic E-state index is -0.517. The van der Waals surface area contributed by atoms with E-state index in [1.165, 1.54) is 12.7 Å². The van der Waals surface area contributed by atoms with Gasteiger partial charge in [0.2, 0.25) is 5.91 Å². The van der Waals surface area contributed by atoms with E-state index in [0.29, 0.717) is 21.3 Å². The molecule has 0 saturated carbocycles. The van der Waals surface area contributed by atoms with Gasteiger partial charge in [-0.05, 0) is 59.4 Å². The van der Waals surface area contributed by atoms with Gasteiger partial charge in [0, 0.05) is 0 Å². The van der Waals surface area contributed by atoms with Crippen LogP contribution in [-0.2, 0) is 22.4 Å². The highest BCUT2D eigenvalue weighted by Gasteiger charge is 2.16. The van der Waals surface area contributed by atoms with Gasteiger partial charge in [-0.1, -0.05) is 72.9 Å². The Balaban J connectivity index is 1.81. The molecule has 1 amide bonds. The van der Waals surface area contributed by atoms with Crippen molar-refractivity contribution in [2.24, 2.45) is 0 Å². The highest BCUT2D eigenvalue weighted by molar-refractivity contribution is 6.42. The molecule has 0 aromatic heterocycles. The van der Waals surface area contributed by atoms with Gasteiger partial charge in [-0.15, -0.1) is 0 Å². The zero-order valence-electron chi connectivity index (χ0n) is 18.1. The van der Waals surface area contributed by atoms with Gasteiger partial charge in [0.25, 0.3) is 0 Å². The van der Waals surface area contributed by atoms with Crippen LogP contribution in [-0.4, -0.2) is 19.0 Å². The summed E-state index contributed by atoms with van der Waals surface area (Å²) in [6.45, 7) is 2.17. The first-order chi connectivity index (χ1) is 15.4. The Morgan fingerprint density at radius 3 is 2.22 bits per heavy atom. The fourth-order valence-electron chi connectivity index (χ4n) is 3.39. The predicted octanol–water partition coefficient (Wildman–Crippen LogP) is 6.97. The highest BCUT2D eigenvalue weighted by Crippen LogP contribution is 2.27. The topological polar surface area (TPSA) is 55.4 Å².